The normalized spacial score (nSPS) is 14.4. The number of hydrogen-bond acceptors (Lipinski definition) is 3. The Morgan fingerprint density at radius 2 is 1.93 bits per heavy atom. The number of rotatable bonds is 8. The molecule has 0 fully saturated rings. The summed E-state index contributed by atoms with van der Waals surface area (Å²) in [7, 11) is 3.49. The number of nitrogens with one attached hydrogen (secondary N) is 1. The SMILES string of the molecule is COCCNCC(C)(C)CC(C)OC. The van der Waals surface area contributed by atoms with E-state index in [-0.39, 0.29) is 5.41 Å². The third kappa shape index (κ3) is 7.30. The van der Waals surface area contributed by atoms with Crippen molar-refractivity contribution in [2.75, 3.05) is 33.9 Å². The van der Waals surface area contributed by atoms with Crippen molar-refractivity contribution in [1.29, 1.82) is 0 Å². The number of ether oxygens (including phenoxy) is 2. The molecule has 0 rings (SSSR count). The van der Waals surface area contributed by atoms with E-state index < -0.39 is 0 Å². The maximum absolute atomic E-state index is 5.26. The maximum atomic E-state index is 5.26. The lowest BCUT2D eigenvalue weighted by Gasteiger charge is -2.27. The van der Waals surface area contributed by atoms with Crippen LogP contribution in [0.5, 0.6) is 0 Å². The van der Waals surface area contributed by atoms with E-state index in [1.54, 1.807) is 14.2 Å². The van der Waals surface area contributed by atoms with Crippen LogP contribution in [0.1, 0.15) is 27.2 Å². The van der Waals surface area contributed by atoms with Gasteiger partial charge in [0.25, 0.3) is 0 Å². The predicted octanol–water partition coefficient (Wildman–Crippen LogP) is 1.67. The van der Waals surface area contributed by atoms with Crippen molar-refractivity contribution < 1.29 is 9.47 Å². The molecular weight excluding hydrogens is 178 g/mol. The van der Waals surface area contributed by atoms with Crippen molar-refractivity contribution in [3.8, 4) is 0 Å². The van der Waals surface area contributed by atoms with E-state index in [0.29, 0.717) is 6.10 Å². The standard InChI is InChI=1S/C11H25NO2/c1-10(14-5)8-11(2,3)9-12-6-7-13-4/h10,12H,6-9H2,1-5H3. The van der Waals surface area contributed by atoms with E-state index in [0.717, 1.165) is 26.1 Å². The number of hydrogen-bond donors (Lipinski definition) is 1. The quantitative estimate of drug-likeness (QED) is 0.609. The Balaban J connectivity index is 3.60. The summed E-state index contributed by atoms with van der Waals surface area (Å²) >= 11 is 0. The fourth-order valence-corrected chi connectivity index (χ4v) is 1.53. The molecule has 1 atom stereocenters. The zero-order chi connectivity index (χ0) is 11.0. The Labute approximate surface area is 88.2 Å². The second-order valence-corrected chi connectivity index (χ2v) is 4.58. The molecule has 0 aliphatic rings. The molecule has 3 heteroatoms. The van der Waals surface area contributed by atoms with Gasteiger partial charge in [-0.15, -0.1) is 0 Å². The first-order valence-corrected chi connectivity index (χ1v) is 5.24. The van der Waals surface area contributed by atoms with Crippen LogP contribution in [0, 0.1) is 5.41 Å². The zero-order valence-corrected chi connectivity index (χ0v) is 10.2. The van der Waals surface area contributed by atoms with Gasteiger partial charge < -0.3 is 14.8 Å². The van der Waals surface area contributed by atoms with Gasteiger partial charge in [0, 0.05) is 27.3 Å². The van der Waals surface area contributed by atoms with Crippen LogP contribution in [-0.4, -0.2) is 40.0 Å². The third-order valence-electron chi connectivity index (χ3n) is 2.33. The van der Waals surface area contributed by atoms with E-state index in [4.69, 9.17) is 9.47 Å². The Hall–Kier alpha value is -0.120. The predicted molar refractivity (Wildman–Crippen MR) is 59.6 cm³/mol. The molecule has 0 aromatic rings. The summed E-state index contributed by atoms with van der Waals surface area (Å²) in [6.07, 6.45) is 1.40. The summed E-state index contributed by atoms with van der Waals surface area (Å²) < 4.78 is 10.2. The maximum Gasteiger partial charge on any atom is 0.0587 e. The molecule has 0 radical (unpaired) electrons. The van der Waals surface area contributed by atoms with Gasteiger partial charge in [0.2, 0.25) is 0 Å². The van der Waals surface area contributed by atoms with Gasteiger partial charge in [-0.1, -0.05) is 13.8 Å². The fourth-order valence-electron chi connectivity index (χ4n) is 1.53. The summed E-state index contributed by atoms with van der Waals surface area (Å²) in [6.45, 7) is 9.31. The molecule has 0 saturated carbocycles. The first-order chi connectivity index (χ1) is 6.52. The smallest absolute Gasteiger partial charge is 0.0587 e. The summed E-state index contributed by atoms with van der Waals surface area (Å²) in [5, 5.41) is 3.38. The molecule has 0 spiro atoms. The van der Waals surface area contributed by atoms with Crippen LogP contribution in [0.4, 0.5) is 0 Å². The average Bonchev–Trinajstić information content (AvgIpc) is 2.12. The molecule has 3 nitrogen and oxygen atoms in total. The minimum atomic E-state index is 0.281. The Bertz CT molecular complexity index is 137. The molecular formula is C11H25NO2. The van der Waals surface area contributed by atoms with E-state index in [2.05, 4.69) is 26.1 Å². The van der Waals surface area contributed by atoms with Gasteiger partial charge in [0.1, 0.15) is 0 Å². The molecule has 0 amide bonds. The summed E-state index contributed by atoms with van der Waals surface area (Å²) in [6, 6.07) is 0. The van der Waals surface area contributed by atoms with Crippen molar-refractivity contribution in [2.45, 2.75) is 33.3 Å². The van der Waals surface area contributed by atoms with Crippen molar-refractivity contribution in [3.63, 3.8) is 0 Å². The third-order valence-corrected chi connectivity index (χ3v) is 2.33. The Morgan fingerprint density at radius 1 is 1.29 bits per heavy atom. The van der Waals surface area contributed by atoms with Crippen LogP contribution >= 0.6 is 0 Å². The summed E-state index contributed by atoms with van der Waals surface area (Å²) in [4.78, 5) is 0. The highest BCUT2D eigenvalue weighted by molar-refractivity contribution is 4.74. The van der Waals surface area contributed by atoms with Crippen molar-refractivity contribution in [2.24, 2.45) is 5.41 Å². The molecule has 0 aliphatic heterocycles. The molecule has 1 N–H and O–H groups in total. The molecule has 0 saturated heterocycles. The summed E-state index contributed by atoms with van der Waals surface area (Å²) in [5.74, 6) is 0. The lowest BCUT2D eigenvalue weighted by Crippen LogP contribution is -2.34. The van der Waals surface area contributed by atoms with E-state index >= 15 is 0 Å². The van der Waals surface area contributed by atoms with Crippen LogP contribution in [0.3, 0.4) is 0 Å². The molecule has 1 unspecified atom stereocenters. The van der Waals surface area contributed by atoms with Gasteiger partial charge in [0.05, 0.1) is 12.7 Å². The first kappa shape index (κ1) is 13.9. The lowest BCUT2D eigenvalue weighted by atomic mass is 9.87. The van der Waals surface area contributed by atoms with E-state index in [9.17, 15) is 0 Å². The van der Waals surface area contributed by atoms with Crippen LogP contribution in [0.25, 0.3) is 0 Å². The van der Waals surface area contributed by atoms with Crippen LogP contribution in [0.15, 0.2) is 0 Å². The minimum Gasteiger partial charge on any atom is -0.383 e. The second kappa shape index (κ2) is 7.21. The highest BCUT2D eigenvalue weighted by atomic mass is 16.5. The van der Waals surface area contributed by atoms with Gasteiger partial charge in [-0.2, -0.15) is 0 Å². The monoisotopic (exact) mass is 203 g/mol. The van der Waals surface area contributed by atoms with Crippen molar-refractivity contribution >= 4 is 0 Å². The molecule has 86 valence electrons. The van der Waals surface area contributed by atoms with Crippen LogP contribution < -0.4 is 5.32 Å². The number of methoxy groups -OCH3 is 2. The van der Waals surface area contributed by atoms with Gasteiger partial charge in [-0.3, -0.25) is 0 Å². The highest BCUT2D eigenvalue weighted by Crippen LogP contribution is 2.22. The molecule has 0 bridgehead atoms. The van der Waals surface area contributed by atoms with Gasteiger partial charge in [-0.05, 0) is 18.8 Å². The fraction of sp³-hybridized carbons (Fsp3) is 1.00. The van der Waals surface area contributed by atoms with E-state index in [1.807, 2.05) is 0 Å². The average molecular weight is 203 g/mol. The van der Waals surface area contributed by atoms with Crippen molar-refractivity contribution in [1.82, 2.24) is 5.32 Å². The topological polar surface area (TPSA) is 30.5 Å². The second-order valence-electron chi connectivity index (χ2n) is 4.58. The molecule has 0 aromatic carbocycles. The first-order valence-electron chi connectivity index (χ1n) is 5.24. The molecule has 0 aromatic heterocycles. The molecule has 14 heavy (non-hydrogen) atoms. The lowest BCUT2D eigenvalue weighted by molar-refractivity contribution is 0.0745. The van der Waals surface area contributed by atoms with Gasteiger partial charge >= 0.3 is 0 Å². The molecule has 0 heterocycles. The Kier molecular flexibility index (Phi) is 7.15. The molecule has 0 aliphatic carbocycles. The highest BCUT2D eigenvalue weighted by Gasteiger charge is 2.20. The van der Waals surface area contributed by atoms with E-state index in [1.165, 1.54) is 0 Å². The summed E-state index contributed by atoms with van der Waals surface area (Å²) in [5.41, 5.74) is 0.281. The van der Waals surface area contributed by atoms with Crippen LogP contribution in [0.2, 0.25) is 0 Å². The Morgan fingerprint density at radius 3 is 2.43 bits per heavy atom. The van der Waals surface area contributed by atoms with Crippen LogP contribution in [-0.2, 0) is 9.47 Å². The van der Waals surface area contributed by atoms with Gasteiger partial charge in [-0.25, -0.2) is 0 Å². The van der Waals surface area contributed by atoms with Crippen molar-refractivity contribution in [3.05, 3.63) is 0 Å². The largest absolute Gasteiger partial charge is 0.383 e. The minimum absolute atomic E-state index is 0.281. The zero-order valence-electron chi connectivity index (χ0n) is 10.2. The van der Waals surface area contributed by atoms with Gasteiger partial charge in [0.15, 0.2) is 0 Å².